The van der Waals surface area contributed by atoms with Gasteiger partial charge in [-0.2, -0.15) is 0 Å². The molecule has 28 heavy (non-hydrogen) atoms. The number of aromatic nitrogens is 1. The fraction of sp³-hybridized carbons (Fsp3) is 0.182. The minimum Gasteiger partial charge on any atom is -0.496 e. The van der Waals surface area contributed by atoms with Crippen LogP contribution in [0.5, 0.6) is 5.75 Å². The molecule has 1 aliphatic rings. The number of methoxy groups -OCH3 is 1. The second-order valence-corrected chi connectivity index (χ2v) is 6.61. The minimum atomic E-state index is -0.294. The van der Waals surface area contributed by atoms with E-state index in [1.165, 1.54) is 12.1 Å². The number of hydrogen-bond donors (Lipinski definition) is 0. The summed E-state index contributed by atoms with van der Waals surface area (Å²) in [5, 5.41) is 0. The van der Waals surface area contributed by atoms with Gasteiger partial charge in [0.25, 0.3) is 0 Å². The van der Waals surface area contributed by atoms with Crippen LogP contribution in [0.1, 0.15) is 5.56 Å². The van der Waals surface area contributed by atoms with Gasteiger partial charge in [-0.3, -0.25) is 9.88 Å². The molecule has 2 aromatic carbocycles. The largest absolute Gasteiger partial charge is 0.496 e. The Hall–Kier alpha value is -3.41. The van der Waals surface area contributed by atoms with Crippen LogP contribution in [0.2, 0.25) is 0 Å². The van der Waals surface area contributed by atoms with Crippen molar-refractivity contribution in [1.82, 2.24) is 9.88 Å². The van der Waals surface area contributed by atoms with Crippen LogP contribution in [0.25, 0.3) is 11.1 Å². The number of carbonyl (C=O) groups excluding carboxylic acids is 1. The van der Waals surface area contributed by atoms with Crippen LogP contribution >= 0.6 is 0 Å². The number of amides is 2. The summed E-state index contributed by atoms with van der Waals surface area (Å²) >= 11 is 0. The summed E-state index contributed by atoms with van der Waals surface area (Å²) in [5.74, 6) is 0.400. The summed E-state index contributed by atoms with van der Waals surface area (Å²) < 4.78 is 19.0. The van der Waals surface area contributed by atoms with Gasteiger partial charge < -0.3 is 9.64 Å². The summed E-state index contributed by atoms with van der Waals surface area (Å²) in [7, 11) is 1.62. The van der Waals surface area contributed by atoms with Crippen molar-refractivity contribution in [3.05, 3.63) is 78.4 Å². The van der Waals surface area contributed by atoms with Crippen molar-refractivity contribution >= 4 is 11.7 Å². The predicted molar refractivity (Wildman–Crippen MR) is 106 cm³/mol. The quantitative estimate of drug-likeness (QED) is 0.665. The van der Waals surface area contributed by atoms with Crippen LogP contribution in [0.15, 0.2) is 67.0 Å². The molecule has 0 saturated carbocycles. The Morgan fingerprint density at radius 2 is 1.89 bits per heavy atom. The lowest BCUT2D eigenvalue weighted by atomic mass is 10.1. The highest BCUT2D eigenvalue weighted by Gasteiger charge is 2.30. The van der Waals surface area contributed by atoms with E-state index in [4.69, 9.17) is 4.74 Å². The molecule has 1 aliphatic heterocycles. The summed E-state index contributed by atoms with van der Waals surface area (Å²) in [6.45, 7) is 1.55. The van der Waals surface area contributed by atoms with Gasteiger partial charge in [-0.15, -0.1) is 0 Å². The van der Waals surface area contributed by atoms with Crippen LogP contribution in [0.4, 0.5) is 14.9 Å². The molecule has 0 unspecified atom stereocenters. The molecule has 4 rings (SSSR count). The lowest BCUT2D eigenvalue weighted by molar-refractivity contribution is 0.218. The molecule has 142 valence electrons. The van der Waals surface area contributed by atoms with E-state index in [0.717, 1.165) is 22.4 Å². The van der Waals surface area contributed by atoms with Gasteiger partial charge in [0.1, 0.15) is 11.6 Å². The third-order valence-corrected chi connectivity index (χ3v) is 4.85. The third-order valence-electron chi connectivity index (χ3n) is 4.85. The average molecular weight is 377 g/mol. The molecule has 0 bridgehead atoms. The first kappa shape index (κ1) is 18.0. The number of urea groups is 1. The normalized spacial score (nSPS) is 13.9. The summed E-state index contributed by atoms with van der Waals surface area (Å²) in [5.41, 5.74) is 3.50. The number of nitrogens with zero attached hydrogens (tertiary/aromatic N) is 3. The highest BCUT2D eigenvalue weighted by atomic mass is 19.1. The van der Waals surface area contributed by atoms with Gasteiger partial charge in [0, 0.05) is 49.3 Å². The van der Waals surface area contributed by atoms with E-state index in [1.54, 1.807) is 35.4 Å². The number of rotatable bonds is 5. The third kappa shape index (κ3) is 3.53. The maximum Gasteiger partial charge on any atom is 0.324 e. The van der Waals surface area contributed by atoms with Crippen molar-refractivity contribution in [2.24, 2.45) is 0 Å². The van der Waals surface area contributed by atoms with Crippen LogP contribution in [-0.2, 0) is 6.54 Å². The number of anilines is 1. The molecule has 1 aromatic heterocycles. The first-order chi connectivity index (χ1) is 13.7. The number of ether oxygens (including phenoxy) is 1. The molecule has 5 nitrogen and oxygen atoms in total. The van der Waals surface area contributed by atoms with Gasteiger partial charge >= 0.3 is 6.03 Å². The Labute approximate surface area is 163 Å². The van der Waals surface area contributed by atoms with E-state index in [-0.39, 0.29) is 11.8 Å². The monoisotopic (exact) mass is 377 g/mol. The number of carbonyl (C=O) groups is 1. The van der Waals surface area contributed by atoms with E-state index in [1.807, 2.05) is 36.4 Å². The van der Waals surface area contributed by atoms with Crippen LogP contribution in [0.3, 0.4) is 0 Å². The summed E-state index contributed by atoms with van der Waals surface area (Å²) in [4.78, 5) is 20.3. The molecule has 0 N–H and O–H groups in total. The maximum absolute atomic E-state index is 13.4. The summed E-state index contributed by atoms with van der Waals surface area (Å²) in [6, 6.07) is 15.8. The molecular formula is C22H20FN3O2. The second-order valence-electron chi connectivity index (χ2n) is 6.61. The first-order valence-electron chi connectivity index (χ1n) is 9.05. The molecule has 2 heterocycles. The smallest absolute Gasteiger partial charge is 0.324 e. The highest BCUT2D eigenvalue weighted by Crippen LogP contribution is 2.34. The van der Waals surface area contributed by atoms with Gasteiger partial charge in [-0.1, -0.05) is 12.1 Å². The maximum atomic E-state index is 13.4. The van der Waals surface area contributed by atoms with Gasteiger partial charge in [-0.05, 0) is 47.5 Å². The van der Waals surface area contributed by atoms with Gasteiger partial charge in [0.15, 0.2) is 0 Å². The van der Waals surface area contributed by atoms with E-state index in [9.17, 15) is 9.18 Å². The van der Waals surface area contributed by atoms with Crippen molar-refractivity contribution in [2.75, 3.05) is 25.1 Å². The lowest BCUT2D eigenvalue weighted by Crippen LogP contribution is -2.31. The number of benzene rings is 2. The molecule has 1 fully saturated rings. The molecule has 0 spiro atoms. The first-order valence-corrected chi connectivity index (χ1v) is 9.05. The van der Waals surface area contributed by atoms with Crippen LogP contribution < -0.4 is 9.64 Å². The van der Waals surface area contributed by atoms with Crippen molar-refractivity contribution in [2.45, 2.75) is 6.54 Å². The number of pyridine rings is 1. The molecule has 0 radical (unpaired) electrons. The number of hydrogen-bond acceptors (Lipinski definition) is 3. The van der Waals surface area contributed by atoms with Gasteiger partial charge in [0.2, 0.25) is 0 Å². The van der Waals surface area contributed by atoms with Crippen molar-refractivity contribution in [3.63, 3.8) is 0 Å². The standard InChI is InChI=1S/C22H20FN3O2/c1-28-21-14-19(5-6-20(21)17-7-9-24-10-8-17)26-12-11-25(22(26)27)15-16-3-2-4-18(23)13-16/h2-10,13-14H,11-12,15H2,1H3. The zero-order valence-electron chi connectivity index (χ0n) is 15.5. The zero-order valence-corrected chi connectivity index (χ0v) is 15.5. The second kappa shape index (κ2) is 7.68. The van der Waals surface area contributed by atoms with Gasteiger partial charge in [-0.25, -0.2) is 9.18 Å². The topological polar surface area (TPSA) is 45.7 Å². The Bertz CT molecular complexity index is 994. The highest BCUT2D eigenvalue weighted by molar-refractivity contribution is 5.95. The Morgan fingerprint density at radius 1 is 1.07 bits per heavy atom. The SMILES string of the molecule is COc1cc(N2CCN(Cc3cccc(F)c3)C2=O)ccc1-c1ccncc1. The average Bonchev–Trinajstić information content (AvgIpc) is 3.08. The molecule has 0 atom stereocenters. The predicted octanol–water partition coefficient (Wildman–Crippen LogP) is 4.34. The molecular weight excluding hydrogens is 357 g/mol. The Morgan fingerprint density at radius 3 is 2.64 bits per heavy atom. The van der Waals surface area contributed by atoms with Crippen LogP contribution in [0, 0.1) is 5.82 Å². The van der Waals surface area contributed by atoms with E-state index in [2.05, 4.69) is 4.98 Å². The Kier molecular flexibility index (Phi) is 4.93. The molecule has 0 aliphatic carbocycles. The Balaban J connectivity index is 1.55. The molecule has 2 amide bonds. The molecule has 1 saturated heterocycles. The fourth-order valence-corrected chi connectivity index (χ4v) is 3.44. The minimum absolute atomic E-state index is 0.0945. The van der Waals surface area contributed by atoms with E-state index >= 15 is 0 Å². The lowest BCUT2D eigenvalue weighted by Gasteiger charge is -2.20. The van der Waals surface area contributed by atoms with Crippen molar-refractivity contribution in [1.29, 1.82) is 0 Å². The van der Waals surface area contributed by atoms with Crippen LogP contribution in [-0.4, -0.2) is 36.1 Å². The van der Waals surface area contributed by atoms with Gasteiger partial charge in [0.05, 0.1) is 7.11 Å². The zero-order chi connectivity index (χ0) is 19.5. The molecule has 6 heteroatoms. The fourth-order valence-electron chi connectivity index (χ4n) is 3.44. The van der Waals surface area contributed by atoms with E-state index < -0.39 is 0 Å². The van der Waals surface area contributed by atoms with Crippen molar-refractivity contribution < 1.29 is 13.9 Å². The van der Waals surface area contributed by atoms with E-state index in [0.29, 0.717) is 25.4 Å². The number of halogens is 1. The molecule has 3 aromatic rings. The summed E-state index contributed by atoms with van der Waals surface area (Å²) in [6.07, 6.45) is 3.47. The van der Waals surface area contributed by atoms with Crippen molar-refractivity contribution in [3.8, 4) is 16.9 Å².